The maximum absolute atomic E-state index is 13.7. The lowest BCUT2D eigenvalue weighted by atomic mass is 9.97. The first kappa shape index (κ1) is 11.6. The van der Waals surface area contributed by atoms with Gasteiger partial charge in [0.25, 0.3) is 0 Å². The molecule has 1 fully saturated rings. The van der Waals surface area contributed by atoms with E-state index in [0.717, 1.165) is 12.8 Å². The average molecular weight is 286 g/mol. The molecule has 1 aromatic rings. The minimum atomic E-state index is -0.291. The molecule has 0 N–H and O–H groups in total. The minimum absolute atomic E-state index is 0.227. The summed E-state index contributed by atoms with van der Waals surface area (Å²) >= 11 is 3.15. The molecular formula is C12H13BrFNO. The van der Waals surface area contributed by atoms with Crippen LogP contribution in [0.1, 0.15) is 31.7 Å². The molecule has 0 unspecified atom stereocenters. The van der Waals surface area contributed by atoms with Crippen LogP contribution in [0.15, 0.2) is 27.8 Å². The molecule has 16 heavy (non-hydrogen) atoms. The Bertz CT molecular complexity index is 415. The van der Waals surface area contributed by atoms with Crippen LogP contribution in [0.2, 0.25) is 0 Å². The standard InChI is InChI=1S/C12H13BrFNO/c1-8(15-16-9-4-2-5-9)10-6-3-7-11(13)12(10)14/h3,6-7,9H,2,4-5H2,1H3/b15-8+. The Morgan fingerprint density at radius 3 is 2.88 bits per heavy atom. The van der Waals surface area contributed by atoms with E-state index in [1.54, 1.807) is 25.1 Å². The third kappa shape index (κ3) is 2.43. The number of nitrogens with zero attached hydrogens (tertiary/aromatic N) is 1. The van der Waals surface area contributed by atoms with Crippen LogP contribution in [0.4, 0.5) is 4.39 Å². The highest BCUT2D eigenvalue weighted by Gasteiger charge is 2.19. The fourth-order valence-corrected chi connectivity index (χ4v) is 1.83. The third-order valence-electron chi connectivity index (χ3n) is 2.73. The highest BCUT2D eigenvalue weighted by molar-refractivity contribution is 9.10. The summed E-state index contributed by atoms with van der Waals surface area (Å²) in [7, 11) is 0. The summed E-state index contributed by atoms with van der Waals surface area (Å²) in [6.07, 6.45) is 3.53. The predicted octanol–water partition coefficient (Wildman–Crippen LogP) is 3.88. The Kier molecular flexibility index (Phi) is 3.59. The molecule has 2 nitrogen and oxygen atoms in total. The summed E-state index contributed by atoms with van der Waals surface area (Å²) in [6.45, 7) is 1.75. The van der Waals surface area contributed by atoms with E-state index in [-0.39, 0.29) is 11.9 Å². The van der Waals surface area contributed by atoms with Crippen LogP contribution in [-0.4, -0.2) is 11.8 Å². The normalized spacial score (nSPS) is 17.1. The summed E-state index contributed by atoms with van der Waals surface area (Å²) < 4.78 is 14.1. The second-order valence-electron chi connectivity index (χ2n) is 3.94. The molecule has 1 saturated carbocycles. The van der Waals surface area contributed by atoms with Crippen molar-refractivity contribution in [3.05, 3.63) is 34.1 Å². The van der Waals surface area contributed by atoms with Crippen molar-refractivity contribution in [1.82, 2.24) is 0 Å². The Balaban J connectivity index is 2.12. The first-order valence-corrected chi connectivity index (χ1v) is 6.12. The van der Waals surface area contributed by atoms with E-state index in [4.69, 9.17) is 4.84 Å². The van der Waals surface area contributed by atoms with E-state index in [0.29, 0.717) is 15.7 Å². The van der Waals surface area contributed by atoms with Crippen molar-refractivity contribution in [3.63, 3.8) is 0 Å². The minimum Gasteiger partial charge on any atom is -0.392 e. The largest absolute Gasteiger partial charge is 0.392 e. The molecule has 0 amide bonds. The molecule has 0 aliphatic heterocycles. The van der Waals surface area contributed by atoms with Gasteiger partial charge < -0.3 is 4.84 Å². The number of benzene rings is 1. The lowest BCUT2D eigenvalue weighted by Crippen LogP contribution is -2.19. The van der Waals surface area contributed by atoms with Gasteiger partial charge in [0.05, 0.1) is 10.2 Å². The van der Waals surface area contributed by atoms with Crippen molar-refractivity contribution in [1.29, 1.82) is 0 Å². The number of hydrogen-bond donors (Lipinski definition) is 0. The summed E-state index contributed by atoms with van der Waals surface area (Å²) in [5.41, 5.74) is 1.05. The van der Waals surface area contributed by atoms with E-state index in [2.05, 4.69) is 21.1 Å². The van der Waals surface area contributed by atoms with Crippen molar-refractivity contribution in [2.75, 3.05) is 0 Å². The van der Waals surface area contributed by atoms with Crippen LogP contribution in [0.25, 0.3) is 0 Å². The van der Waals surface area contributed by atoms with Gasteiger partial charge in [-0.1, -0.05) is 17.3 Å². The van der Waals surface area contributed by atoms with Gasteiger partial charge in [-0.3, -0.25) is 0 Å². The smallest absolute Gasteiger partial charge is 0.146 e. The lowest BCUT2D eigenvalue weighted by molar-refractivity contribution is 0.00602. The number of rotatable bonds is 3. The zero-order valence-electron chi connectivity index (χ0n) is 9.04. The molecule has 4 heteroatoms. The maximum atomic E-state index is 13.7. The molecule has 0 bridgehead atoms. The van der Waals surface area contributed by atoms with Crippen LogP contribution in [0.3, 0.4) is 0 Å². The number of halogens is 2. The predicted molar refractivity (Wildman–Crippen MR) is 65.0 cm³/mol. The zero-order chi connectivity index (χ0) is 11.5. The van der Waals surface area contributed by atoms with Crippen molar-refractivity contribution >= 4 is 21.6 Å². The molecule has 1 aromatic carbocycles. The van der Waals surface area contributed by atoms with Gasteiger partial charge in [-0.05, 0) is 48.2 Å². The van der Waals surface area contributed by atoms with Gasteiger partial charge in [0.2, 0.25) is 0 Å². The fraction of sp³-hybridized carbons (Fsp3) is 0.417. The summed E-state index contributed by atoms with van der Waals surface area (Å²) in [4.78, 5) is 5.29. The molecular weight excluding hydrogens is 273 g/mol. The molecule has 0 aromatic heterocycles. The van der Waals surface area contributed by atoms with Crippen LogP contribution in [-0.2, 0) is 4.84 Å². The van der Waals surface area contributed by atoms with Crippen LogP contribution in [0.5, 0.6) is 0 Å². The van der Waals surface area contributed by atoms with Gasteiger partial charge in [-0.15, -0.1) is 0 Å². The second kappa shape index (κ2) is 4.95. The molecule has 2 rings (SSSR count). The first-order valence-electron chi connectivity index (χ1n) is 5.33. The molecule has 0 radical (unpaired) electrons. The molecule has 1 aliphatic rings. The van der Waals surface area contributed by atoms with Gasteiger partial charge in [0, 0.05) is 5.56 Å². The molecule has 0 atom stereocenters. The second-order valence-corrected chi connectivity index (χ2v) is 4.79. The van der Waals surface area contributed by atoms with E-state index in [1.165, 1.54) is 6.42 Å². The number of oxime groups is 1. The SMILES string of the molecule is C/C(=N\OC1CCC1)c1cccc(Br)c1F. The van der Waals surface area contributed by atoms with E-state index in [9.17, 15) is 4.39 Å². The van der Waals surface area contributed by atoms with Crippen molar-refractivity contribution in [2.45, 2.75) is 32.3 Å². The summed E-state index contributed by atoms with van der Waals surface area (Å²) in [5.74, 6) is -0.291. The van der Waals surface area contributed by atoms with Gasteiger partial charge in [-0.2, -0.15) is 0 Å². The maximum Gasteiger partial charge on any atom is 0.146 e. The Hall–Kier alpha value is -0.900. The van der Waals surface area contributed by atoms with Crippen molar-refractivity contribution in [3.8, 4) is 0 Å². The highest BCUT2D eigenvalue weighted by Crippen LogP contribution is 2.23. The topological polar surface area (TPSA) is 21.6 Å². The molecule has 86 valence electrons. The summed E-state index contributed by atoms with van der Waals surface area (Å²) in [6, 6.07) is 5.15. The molecule has 0 saturated heterocycles. The molecule has 0 heterocycles. The van der Waals surface area contributed by atoms with E-state index >= 15 is 0 Å². The Morgan fingerprint density at radius 2 is 2.25 bits per heavy atom. The summed E-state index contributed by atoms with van der Waals surface area (Å²) in [5, 5.41) is 3.97. The van der Waals surface area contributed by atoms with Gasteiger partial charge >= 0.3 is 0 Å². The van der Waals surface area contributed by atoms with Gasteiger partial charge in [0.1, 0.15) is 11.9 Å². The monoisotopic (exact) mass is 285 g/mol. The average Bonchev–Trinajstić information content (AvgIpc) is 2.19. The van der Waals surface area contributed by atoms with Gasteiger partial charge in [-0.25, -0.2) is 4.39 Å². The van der Waals surface area contributed by atoms with Crippen molar-refractivity contribution in [2.24, 2.45) is 5.16 Å². The molecule has 0 spiro atoms. The Labute approximate surface area is 103 Å². The van der Waals surface area contributed by atoms with E-state index in [1.807, 2.05) is 0 Å². The van der Waals surface area contributed by atoms with Crippen LogP contribution >= 0.6 is 15.9 Å². The highest BCUT2D eigenvalue weighted by atomic mass is 79.9. The van der Waals surface area contributed by atoms with Crippen LogP contribution in [0, 0.1) is 5.82 Å². The number of hydrogen-bond acceptors (Lipinski definition) is 2. The fourth-order valence-electron chi connectivity index (χ4n) is 1.46. The first-order chi connectivity index (χ1) is 7.68. The lowest BCUT2D eigenvalue weighted by Gasteiger charge is -2.22. The van der Waals surface area contributed by atoms with Crippen LogP contribution < -0.4 is 0 Å². The molecule has 1 aliphatic carbocycles. The van der Waals surface area contributed by atoms with Crippen molar-refractivity contribution < 1.29 is 9.23 Å². The quantitative estimate of drug-likeness (QED) is 0.610. The Morgan fingerprint density at radius 1 is 1.50 bits per heavy atom. The zero-order valence-corrected chi connectivity index (χ0v) is 10.6. The third-order valence-corrected chi connectivity index (χ3v) is 3.34. The van der Waals surface area contributed by atoms with E-state index < -0.39 is 0 Å². The van der Waals surface area contributed by atoms with Gasteiger partial charge in [0.15, 0.2) is 0 Å².